The lowest BCUT2D eigenvalue weighted by Gasteiger charge is -2.36. The summed E-state index contributed by atoms with van der Waals surface area (Å²) in [6.07, 6.45) is 2.60. The third kappa shape index (κ3) is 4.05. The fourth-order valence-corrected chi connectivity index (χ4v) is 3.91. The molecule has 0 amide bonds. The Labute approximate surface area is 167 Å². The highest BCUT2D eigenvalue weighted by Crippen LogP contribution is 2.44. The van der Waals surface area contributed by atoms with Crippen LogP contribution in [0, 0.1) is 0 Å². The highest BCUT2D eigenvalue weighted by Gasteiger charge is 2.35. The van der Waals surface area contributed by atoms with Gasteiger partial charge in [0.2, 0.25) is 0 Å². The second-order valence-corrected chi connectivity index (χ2v) is 6.91. The molecule has 28 heavy (non-hydrogen) atoms. The van der Waals surface area contributed by atoms with Crippen LogP contribution in [0.1, 0.15) is 36.0 Å². The molecular formula is C25H28O3. The zero-order valence-electron chi connectivity index (χ0n) is 16.6. The molecule has 0 aliphatic rings. The normalized spacial score (nSPS) is 11.2. The molecule has 0 aliphatic heterocycles. The Hall–Kier alpha value is -2.78. The van der Waals surface area contributed by atoms with E-state index in [-0.39, 0.29) is 12.0 Å². The molecule has 0 radical (unpaired) electrons. The zero-order chi connectivity index (χ0) is 19.8. The molecule has 0 aliphatic carbocycles. The first-order valence-electron chi connectivity index (χ1n) is 9.70. The fraction of sp³-hybridized carbons (Fsp3) is 0.280. The van der Waals surface area contributed by atoms with Crippen LogP contribution in [0.15, 0.2) is 78.9 Å². The topological polar surface area (TPSA) is 38.7 Å². The van der Waals surface area contributed by atoms with E-state index in [0.29, 0.717) is 0 Å². The number of methoxy groups -OCH3 is 2. The molecule has 0 saturated heterocycles. The summed E-state index contributed by atoms with van der Waals surface area (Å²) in [4.78, 5) is 0. The van der Waals surface area contributed by atoms with Crippen LogP contribution in [-0.2, 0) is 5.41 Å². The van der Waals surface area contributed by atoms with Crippen LogP contribution in [-0.4, -0.2) is 25.9 Å². The lowest BCUT2D eigenvalue weighted by Crippen LogP contribution is -2.29. The molecular weight excluding hydrogens is 348 g/mol. The van der Waals surface area contributed by atoms with Crippen molar-refractivity contribution in [2.75, 3.05) is 20.8 Å². The number of ether oxygens (including phenoxy) is 2. The molecule has 0 fully saturated rings. The van der Waals surface area contributed by atoms with Crippen molar-refractivity contribution in [3.8, 4) is 11.5 Å². The Bertz CT molecular complexity index is 792. The predicted octanol–water partition coefficient (Wildman–Crippen LogP) is 5.20. The minimum atomic E-state index is -0.311. The number of aliphatic hydroxyl groups is 1. The highest BCUT2D eigenvalue weighted by molar-refractivity contribution is 5.52. The molecule has 3 nitrogen and oxygen atoms in total. The van der Waals surface area contributed by atoms with Gasteiger partial charge in [0.15, 0.2) is 0 Å². The number of unbranched alkanes of at least 4 members (excludes halogenated alkanes) is 1. The predicted molar refractivity (Wildman–Crippen MR) is 113 cm³/mol. The molecule has 0 aromatic heterocycles. The molecule has 3 heteroatoms. The molecule has 3 aromatic rings. The van der Waals surface area contributed by atoms with E-state index in [1.165, 1.54) is 16.7 Å². The van der Waals surface area contributed by atoms with E-state index in [2.05, 4.69) is 48.5 Å². The summed E-state index contributed by atoms with van der Waals surface area (Å²) < 4.78 is 10.7. The van der Waals surface area contributed by atoms with Crippen LogP contribution in [0.4, 0.5) is 0 Å². The highest BCUT2D eigenvalue weighted by atomic mass is 16.5. The van der Waals surface area contributed by atoms with Crippen LogP contribution >= 0.6 is 0 Å². The van der Waals surface area contributed by atoms with Crippen LogP contribution in [0.25, 0.3) is 0 Å². The summed E-state index contributed by atoms with van der Waals surface area (Å²) in [6.45, 7) is 0.204. The van der Waals surface area contributed by atoms with Crippen LogP contribution in [0.3, 0.4) is 0 Å². The van der Waals surface area contributed by atoms with Crippen LogP contribution in [0.2, 0.25) is 0 Å². The van der Waals surface area contributed by atoms with E-state index in [0.717, 1.165) is 30.8 Å². The summed E-state index contributed by atoms with van der Waals surface area (Å²) in [5.41, 5.74) is 3.35. The molecule has 146 valence electrons. The van der Waals surface area contributed by atoms with E-state index in [9.17, 15) is 5.11 Å². The van der Waals surface area contributed by atoms with Crippen LogP contribution < -0.4 is 9.47 Å². The first kappa shape index (κ1) is 20.0. The number of hydrogen-bond donors (Lipinski definition) is 1. The van der Waals surface area contributed by atoms with Gasteiger partial charge < -0.3 is 14.6 Å². The van der Waals surface area contributed by atoms with E-state index in [1.807, 2.05) is 30.3 Å². The Balaban J connectivity index is 2.20. The van der Waals surface area contributed by atoms with Gasteiger partial charge in [0.1, 0.15) is 11.5 Å². The molecule has 1 N–H and O–H groups in total. The number of benzene rings is 3. The summed E-state index contributed by atoms with van der Waals surface area (Å²) in [6, 6.07) is 27.3. The second kappa shape index (κ2) is 9.43. The van der Waals surface area contributed by atoms with Crippen molar-refractivity contribution in [1.82, 2.24) is 0 Å². The van der Waals surface area contributed by atoms with E-state index >= 15 is 0 Å². The van der Waals surface area contributed by atoms with E-state index < -0.39 is 0 Å². The van der Waals surface area contributed by atoms with Crippen molar-refractivity contribution in [2.45, 2.75) is 24.7 Å². The summed E-state index contributed by atoms with van der Waals surface area (Å²) in [5, 5.41) is 9.38. The average molecular weight is 376 g/mol. The second-order valence-electron chi connectivity index (χ2n) is 6.91. The van der Waals surface area contributed by atoms with Gasteiger partial charge in [-0.05, 0) is 60.2 Å². The molecule has 0 bridgehead atoms. The number of aliphatic hydroxyl groups excluding tert-OH is 1. The van der Waals surface area contributed by atoms with E-state index in [1.54, 1.807) is 14.2 Å². The average Bonchev–Trinajstić information content (AvgIpc) is 2.78. The summed E-state index contributed by atoms with van der Waals surface area (Å²) in [5.74, 6) is 1.69. The first-order chi connectivity index (χ1) is 13.7. The van der Waals surface area contributed by atoms with Gasteiger partial charge in [-0.3, -0.25) is 0 Å². The van der Waals surface area contributed by atoms with Crippen molar-refractivity contribution in [2.24, 2.45) is 0 Å². The zero-order valence-corrected chi connectivity index (χ0v) is 16.6. The first-order valence-corrected chi connectivity index (χ1v) is 9.70. The molecule has 0 saturated carbocycles. The van der Waals surface area contributed by atoms with Crippen molar-refractivity contribution in [3.63, 3.8) is 0 Å². The minimum Gasteiger partial charge on any atom is -0.497 e. The maximum absolute atomic E-state index is 9.38. The Morgan fingerprint density at radius 2 is 1.11 bits per heavy atom. The van der Waals surface area contributed by atoms with Crippen molar-refractivity contribution in [1.29, 1.82) is 0 Å². The molecule has 0 heterocycles. The van der Waals surface area contributed by atoms with Gasteiger partial charge in [-0.1, -0.05) is 54.6 Å². The molecule has 0 spiro atoms. The maximum Gasteiger partial charge on any atom is 0.118 e. The molecule has 3 rings (SSSR count). The number of hydrogen-bond acceptors (Lipinski definition) is 3. The van der Waals surface area contributed by atoms with Gasteiger partial charge in [-0.15, -0.1) is 0 Å². The van der Waals surface area contributed by atoms with Gasteiger partial charge in [-0.2, -0.15) is 0 Å². The standard InChI is InChI=1S/C25H28O3/c1-27-23-14-10-21(11-15-23)25(18-6-7-19-26,20-8-4-3-5-9-20)22-12-16-24(28-2)17-13-22/h3-5,8-17,26H,6-7,18-19H2,1-2H3. The van der Waals surface area contributed by atoms with Crippen molar-refractivity contribution in [3.05, 3.63) is 95.6 Å². The SMILES string of the molecule is COc1ccc(C(CCCCO)(c2ccccc2)c2ccc(OC)cc2)cc1. The summed E-state index contributed by atoms with van der Waals surface area (Å²) in [7, 11) is 3.37. The molecule has 3 aromatic carbocycles. The molecule has 0 atom stereocenters. The minimum absolute atomic E-state index is 0.204. The maximum atomic E-state index is 9.38. The lowest BCUT2D eigenvalue weighted by atomic mass is 9.66. The van der Waals surface area contributed by atoms with Gasteiger partial charge in [0.25, 0.3) is 0 Å². The fourth-order valence-electron chi connectivity index (χ4n) is 3.91. The Morgan fingerprint density at radius 3 is 1.54 bits per heavy atom. The quantitative estimate of drug-likeness (QED) is 0.412. The van der Waals surface area contributed by atoms with E-state index in [4.69, 9.17) is 9.47 Å². The monoisotopic (exact) mass is 376 g/mol. The molecule has 0 unspecified atom stereocenters. The van der Waals surface area contributed by atoms with Crippen LogP contribution in [0.5, 0.6) is 11.5 Å². The van der Waals surface area contributed by atoms with Crippen molar-refractivity contribution >= 4 is 0 Å². The number of rotatable bonds is 9. The third-order valence-corrected chi connectivity index (χ3v) is 5.39. The van der Waals surface area contributed by atoms with Gasteiger partial charge in [0, 0.05) is 12.0 Å². The van der Waals surface area contributed by atoms with Gasteiger partial charge in [-0.25, -0.2) is 0 Å². The Morgan fingerprint density at radius 1 is 0.643 bits per heavy atom. The van der Waals surface area contributed by atoms with Gasteiger partial charge >= 0.3 is 0 Å². The summed E-state index contributed by atoms with van der Waals surface area (Å²) >= 11 is 0. The smallest absolute Gasteiger partial charge is 0.118 e. The third-order valence-electron chi connectivity index (χ3n) is 5.39. The largest absolute Gasteiger partial charge is 0.497 e. The Kier molecular flexibility index (Phi) is 6.72. The van der Waals surface area contributed by atoms with Gasteiger partial charge in [0.05, 0.1) is 14.2 Å². The lowest BCUT2D eigenvalue weighted by molar-refractivity contribution is 0.279. The van der Waals surface area contributed by atoms with Crippen molar-refractivity contribution < 1.29 is 14.6 Å².